The minimum atomic E-state index is 1.06. The zero-order chi connectivity index (χ0) is 7.52. The number of ether oxygens (including phenoxy) is 1. The minimum absolute atomic E-state index is 1.06. The van der Waals surface area contributed by atoms with Crippen molar-refractivity contribution in [1.29, 1.82) is 0 Å². The lowest BCUT2D eigenvalue weighted by Gasteiger charge is -1.85. The molecule has 0 saturated heterocycles. The Morgan fingerprint density at radius 1 is 1.09 bits per heavy atom. The van der Waals surface area contributed by atoms with Gasteiger partial charge in [0.05, 0.1) is 0 Å². The molecule has 1 aliphatic rings. The van der Waals surface area contributed by atoms with Crippen LogP contribution in [0.3, 0.4) is 0 Å². The van der Waals surface area contributed by atoms with Gasteiger partial charge in [-0.15, -0.1) is 0 Å². The van der Waals surface area contributed by atoms with Gasteiger partial charge in [0.1, 0.15) is 6.26 Å². The Kier molecular flexibility index (Phi) is 1.44. The standard InChI is InChI=1S/C9H7NO/c1-2-4-9-6-11-7-10-5-8(9)3-1/h1-7H. The van der Waals surface area contributed by atoms with Crippen LogP contribution in [-0.2, 0) is 4.74 Å². The maximum absolute atomic E-state index is 4.97. The molecule has 0 amide bonds. The third kappa shape index (κ3) is 1.15. The van der Waals surface area contributed by atoms with Crippen molar-refractivity contribution in [3.63, 3.8) is 0 Å². The van der Waals surface area contributed by atoms with E-state index < -0.39 is 0 Å². The predicted molar refractivity (Wildman–Crippen MR) is 44.2 cm³/mol. The van der Waals surface area contributed by atoms with Gasteiger partial charge in [0, 0.05) is 16.6 Å². The SMILES string of the molecule is C1=NC=c2ccccc2=CO1. The maximum Gasteiger partial charge on any atom is 0.180 e. The van der Waals surface area contributed by atoms with Crippen LogP contribution in [0, 0.1) is 0 Å². The Labute approximate surface area is 64.2 Å². The first-order valence-electron chi connectivity index (χ1n) is 3.39. The number of hydrogen-bond acceptors (Lipinski definition) is 2. The van der Waals surface area contributed by atoms with Crippen LogP contribution in [-0.4, -0.2) is 6.40 Å². The van der Waals surface area contributed by atoms with E-state index in [0.717, 1.165) is 10.4 Å². The van der Waals surface area contributed by atoms with Crippen molar-refractivity contribution in [1.82, 2.24) is 0 Å². The Morgan fingerprint density at radius 3 is 2.82 bits per heavy atom. The Balaban J connectivity index is 2.81. The molecule has 0 N–H and O–H groups in total. The third-order valence-corrected chi connectivity index (χ3v) is 1.53. The fourth-order valence-corrected chi connectivity index (χ4v) is 0.985. The van der Waals surface area contributed by atoms with Crippen LogP contribution in [0.15, 0.2) is 29.3 Å². The molecule has 0 radical (unpaired) electrons. The molecule has 2 nitrogen and oxygen atoms in total. The molecule has 1 heterocycles. The molecule has 0 aromatic heterocycles. The van der Waals surface area contributed by atoms with Crippen molar-refractivity contribution in [3.05, 3.63) is 34.7 Å². The smallest absolute Gasteiger partial charge is 0.180 e. The average Bonchev–Trinajstić information content (AvgIpc) is 2.28. The topological polar surface area (TPSA) is 21.6 Å². The lowest BCUT2D eigenvalue weighted by Crippen LogP contribution is -2.22. The Hall–Kier alpha value is -1.57. The molecule has 2 rings (SSSR count). The Bertz CT molecular complexity index is 392. The fraction of sp³-hybridized carbons (Fsp3) is 0. The van der Waals surface area contributed by atoms with Gasteiger partial charge in [-0.3, -0.25) is 0 Å². The summed E-state index contributed by atoms with van der Waals surface area (Å²) in [5, 5.41) is 2.14. The lowest BCUT2D eigenvalue weighted by molar-refractivity contribution is 0.559. The molecule has 1 aliphatic heterocycles. The highest BCUT2D eigenvalue weighted by molar-refractivity contribution is 5.57. The molecule has 0 atom stereocenters. The van der Waals surface area contributed by atoms with E-state index in [4.69, 9.17) is 4.74 Å². The first-order valence-corrected chi connectivity index (χ1v) is 3.39. The number of benzene rings is 1. The number of aliphatic imine (C=N–C) groups is 1. The summed E-state index contributed by atoms with van der Waals surface area (Å²) in [6.07, 6.45) is 4.88. The molecule has 0 aliphatic carbocycles. The monoisotopic (exact) mass is 145 g/mol. The normalized spacial score (nSPS) is 13.5. The summed E-state index contributed by atoms with van der Waals surface area (Å²) >= 11 is 0. The number of rotatable bonds is 0. The van der Waals surface area contributed by atoms with Crippen molar-refractivity contribution in [2.24, 2.45) is 4.99 Å². The van der Waals surface area contributed by atoms with E-state index in [9.17, 15) is 0 Å². The van der Waals surface area contributed by atoms with Crippen molar-refractivity contribution in [2.45, 2.75) is 0 Å². The van der Waals surface area contributed by atoms with Crippen LogP contribution >= 0.6 is 0 Å². The van der Waals surface area contributed by atoms with Crippen LogP contribution in [0.1, 0.15) is 0 Å². The Morgan fingerprint density at radius 2 is 1.91 bits per heavy atom. The van der Waals surface area contributed by atoms with E-state index >= 15 is 0 Å². The first-order chi connectivity index (χ1) is 5.47. The van der Waals surface area contributed by atoms with E-state index in [1.165, 1.54) is 6.40 Å². The van der Waals surface area contributed by atoms with Crippen LogP contribution in [0.2, 0.25) is 0 Å². The van der Waals surface area contributed by atoms with Crippen LogP contribution in [0.4, 0.5) is 0 Å². The quantitative estimate of drug-likeness (QED) is 0.511. The second-order valence-corrected chi connectivity index (χ2v) is 2.27. The lowest BCUT2D eigenvalue weighted by atomic mass is 10.2. The summed E-state index contributed by atoms with van der Waals surface area (Å²) in [6.45, 7) is 0. The van der Waals surface area contributed by atoms with Gasteiger partial charge in [-0.2, -0.15) is 0 Å². The van der Waals surface area contributed by atoms with E-state index in [-0.39, 0.29) is 0 Å². The zero-order valence-electron chi connectivity index (χ0n) is 5.90. The molecular weight excluding hydrogens is 138 g/mol. The highest BCUT2D eigenvalue weighted by Gasteiger charge is 1.85. The average molecular weight is 145 g/mol. The van der Waals surface area contributed by atoms with Gasteiger partial charge in [-0.25, -0.2) is 4.99 Å². The van der Waals surface area contributed by atoms with E-state index in [2.05, 4.69) is 4.99 Å². The molecule has 0 fully saturated rings. The highest BCUT2D eigenvalue weighted by Crippen LogP contribution is 1.79. The van der Waals surface area contributed by atoms with E-state index in [0.29, 0.717) is 0 Å². The van der Waals surface area contributed by atoms with E-state index in [1.54, 1.807) is 12.5 Å². The number of hydrogen-bond donors (Lipinski definition) is 0. The van der Waals surface area contributed by atoms with Gasteiger partial charge in [0.2, 0.25) is 0 Å². The van der Waals surface area contributed by atoms with Gasteiger partial charge in [0.25, 0.3) is 0 Å². The summed E-state index contributed by atoms with van der Waals surface area (Å²) in [5.74, 6) is 0. The fourth-order valence-electron chi connectivity index (χ4n) is 0.985. The van der Waals surface area contributed by atoms with Gasteiger partial charge >= 0.3 is 0 Å². The van der Waals surface area contributed by atoms with Gasteiger partial charge < -0.3 is 4.74 Å². The molecule has 2 heteroatoms. The highest BCUT2D eigenvalue weighted by atomic mass is 16.5. The summed E-state index contributed by atoms with van der Waals surface area (Å²) in [5.41, 5.74) is 0. The molecular formula is C9H7NO. The number of fused-ring (bicyclic) bond motifs is 1. The first kappa shape index (κ1) is 6.16. The van der Waals surface area contributed by atoms with Crippen LogP contribution in [0.25, 0.3) is 12.5 Å². The molecule has 54 valence electrons. The summed E-state index contributed by atoms with van der Waals surface area (Å²) < 4.78 is 4.97. The second-order valence-electron chi connectivity index (χ2n) is 2.27. The summed E-state index contributed by atoms with van der Waals surface area (Å²) in [4.78, 5) is 3.91. The molecule has 11 heavy (non-hydrogen) atoms. The predicted octanol–water partition coefficient (Wildman–Crippen LogP) is 0.221. The summed E-state index contributed by atoms with van der Waals surface area (Å²) in [7, 11) is 0. The minimum Gasteiger partial charge on any atom is -0.453 e. The largest absolute Gasteiger partial charge is 0.453 e. The van der Waals surface area contributed by atoms with E-state index in [1.807, 2.05) is 24.3 Å². The molecule has 1 aromatic rings. The van der Waals surface area contributed by atoms with Crippen LogP contribution < -0.4 is 10.4 Å². The van der Waals surface area contributed by atoms with Crippen LogP contribution in [0.5, 0.6) is 0 Å². The van der Waals surface area contributed by atoms with Gasteiger partial charge in [-0.05, 0) is 0 Å². The molecule has 0 bridgehead atoms. The zero-order valence-corrected chi connectivity index (χ0v) is 5.90. The maximum atomic E-state index is 4.97. The molecule has 0 spiro atoms. The van der Waals surface area contributed by atoms with Crippen molar-refractivity contribution >= 4 is 18.9 Å². The van der Waals surface area contributed by atoms with Crippen molar-refractivity contribution < 1.29 is 4.74 Å². The van der Waals surface area contributed by atoms with Gasteiger partial charge in [-0.1, -0.05) is 24.3 Å². The van der Waals surface area contributed by atoms with Crippen molar-refractivity contribution in [3.8, 4) is 0 Å². The molecule has 0 saturated carbocycles. The third-order valence-electron chi connectivity index (χ3n) is 1.53. The molecule has 0 unspecified atom stereocenters. The number of nitrogens with zero attached hydrogens (tertiary/aromatic N) is 1. The molecule has 1 aromatic carbocycles. The van der Waals surface area contributed by atoms with Gasteiger partial charge in [0.15, 0.2) is 6.40 Å². The second kappa shape index (κ2) is 2.58. The van der Waals surface area contributed by atoms with Crippen molar-refractivity contribution in [2.75, 3.05) is 0 Å². The summed E-state index contributed by atoms with van der Waals surface area (Å²) in [6, 6.07) is 7.93.